The summed E-state index contributed by atoms with van der Waals surface area (Å²) in [5.41, 5.74) is 5.15. The molecule has 2 aliphatic rings. The third-order valence-electron chi connectivity index (χ3n) is 3.63. The number of amides is 1. The largest absolute Gasteiger partial charge is 0.368 e. The number of carbonyl (C=O) groups is 1. The number of hydrogen-bond donors (Lipinski definition) is 2. The van der Waals surface area contributed by atoms with Crippen molar-refractivity contribution in [3.63, 3.8) is 0 Å². The van der Waals surface area contributed by atoms with E-state index in [-0.39, 0.29) is 11.4 Å². The minimum absolute atomic E-state index is 0.137. The van der Waals surface area contributed by atoms with Crippen LogP contribution in [0.2, 0.25) is 0 Å². The Hall–Kier alpha value is -0.570. The van der Waals surface area contributed by atoms with Gasteiger partial charge in [-0.2, -0.15) is 0 Å². The summed E-state index contributed by atoms with van der Waals surface area (Å²) in [6.07, 6.45) is 4.59. The molecule has 2 aliphatic carbocycles. The number of carbonyl (C=O) groups excluding carboxylic acids is 1. The number of rotatable bonds is 3. The van der Waals surface area contributed by atoms with Gasteiger partial charge in [0.1, 0.15) is 5.54 Å². The number of hydrogen-bond acceptors (Lipinski definition) is 2. The van der Waals surface area contributed by atoms with Gasteiger partial charge in [0.2, 0.25) is 5.91 Å². The Morgan fingerprint density at radius 2 is 2.46 bits per heavy atom. The smallest absolute Gasteiger partial charge is 0.238 e. The van der Waals surface area contributed by atoms with Crippen molar-refractivity contribution in [2.24, 2.45) is 17.6 Å². The second kappa shape index (κ2) is 2.98. The summed E-state index contributed by atoms with van der Waals surface area (Å²) in [7, 11) is 0. The van der Waals surface area contributed by atoms with Crippen LogP contribution < -0.4 is 11.1 Å². The Morgan fingerprint density at radius 3 is 3.08 bits per heavy atom. The Morgan fingerprint density at radius 1 is 1.69 bits per heavy atom. The van der Waals surface area contributed by atoms with E-state index in [1.807, 2.05) is 6.92 Å². The van der Waals surface area contributed by atoms with Gasteiger partial charge in [0.05, 0.1) is 0 Å². The Labute approximate surface area is 79.1 Å². The lowest BCUT2D eigenvalue weighted by Crippen LogP contribution is -2.58. The first-order valence-electron chi connectivity index (χ1n) is 5.25. The molecule has 2 saturated carbocycles. The van der Waals surface area contributed by atoms with E-state index in [0.717, 1.165) is 25.3 Å². The lowest BCUT2D eigenvalue weighted by Gasteiger charge is -2.35. The topological polar surface area (TPSA) is 55.1 Å². The van der Waals surface area contributed by atoms with Gasteiger partial charge in [0.25, 0.3) is 0 Å². The molecule has 13 heavy (non-hydrogen) atoms. The standard InChI is InChI=1S/C10H18N2O/c1-2-12-10(9(11)13)5-3-4-7-6-8(7)10/h7-8,12H,2-6H2,1H3,(H2,11,13). The molecular weight excluding hydrogens is 164 g/mol. The molecule has 0 saturated heterocycles. The maximum atomic E-state index is 11.5. The van der Waals surface area contributed by atoms with E-state index in [2.05, 4.69) is 5.32 Å². The Bertz CT molecular complexity index is 225. The SMILES string of the molecule is CCNC1(C(N)=O)CCCC2CC21. The van der Waals surface area contributed by atoms with Crippen molar-refractivity contribution in [1.29, 1.82) is 0 Å². The van der Waals surface area contributed by atoms with Crippen LogP contribution in [0.4, 0.5) is 0 Å². The molecule has 3 atom stereocenters. The van der Waals surface area contributed by atoms with E-state index in [1.54, 1.807) is 0 Å². The van der Waals surface area contributed by atoms with Crippen LogP contribution in [0.5, 0.6) is 0 Å². The van der Waals surface area contributed by atoms with Gasteiger partial charge >= 0.3 is 0 Å². The molecule has 0 bridgehead atoms. The van der Waals surface area contributed by atoms with Crippen LogP contribution in [0, 0.1) is 11.8 Å². The summed E-state index contributed by atoms with van der Waals surface area (Å²) in [6, 6.07) is 0. The normalized spacial score (nSPS) is 42.5. The first-order valence-corrected chi connectivity index (χ1v) is 5.25. The van der Waals surface area contributed by atoms with E-state index < -0.39 is 0 Å². The number of nitrogens with one attached hydrogen (secondary N) is 1. The zero-order valence-electron chi connectivity index (χ0n) is 8.18. The van der Waals surface area contributed by atoms with Gasteiger partial charge in [-0.3, -0.25) is 4.79 Å². The molecule has 74 valence electrons. The van der Waals surface area contributed by atoms with Crippen LogP contribution >= 0.6 is 0 Å². The molecule has 3 unspecified atom stereocenters. The van der Waals surface area contributed by atoms with Crippen molar-refractivity contribution in [3.8, 4) is 0 Å². The van der Waals surface area contributed by atoms with Crippen LogP contribution in [0.15, 0.2) is 0 Å². The Balaban J connectivity index is 2.16. The molecule has 0 radical (unpaired) electrons. The fourth-order valence-electron chi connectivity index (χ4n) is 2.93. The van der Waals surface area contributed by atoms with Gasteiger partial charge in [0, 0.05) is 0 Å². The zero-order valence-corrected chi connectivity index (χ0v) is 8.18. The molecule has 1 amide bonds. The number of nitrogens with two attached hydrogens (primary N) is 1. The molecule has 0 heterocycles. The van der Waals surface area contributed by atoms with Crippen molar-refractivity contribution in [3.05, 3.63) is 0 Å². The van der Waals surface area contributed by atoms with Crippen LogP contribution in [-0.4, -0.2) is 18.0 Å². The van der Waals surface area contributed by atoms with Gasteiger partial charge in [-0.1, -0.05) is 19.8 Å². The summed E-state index contributed by atoms with van der Waals surface area (Å²) in [6.45, 7) is 2.88. The van der Waals surface area contributed by atoms with Crippen LogP contribution in [-0.2, 0) is 4.79 Å². The highest BCUT2D eigenvalue weighted by atomic mass is 16.1. The molecule has 3 nitrogen and oxygen atoms in total. The predicted octanol–water partition coefficient (Wildman–Crippen LogP) is 0.640. The van der Waals surface area contributed by atoms with Crippen molar-refractivity contribution < 1.29 is 4.79 Å². The first-order chi connectivity index (χ1) is 6.20. The van der Waals surface area contributed by atoms with E-state index in [0.29, 0.717) is 5.92 Å². The quantitative estimate of drug-likeness (QED) is 0.673. The van der Waals surface area contributed by atoms with Crippen LogP contribution in [0.25, 0.3) is 0 Å². The summed E-state index contributed by atoms with van der Waals surface area (Å²) in [5.74, 6) is 1.18. The number of fused-ring (bicyclic) bond motifs is 1. The van der Waals surface area contributed by atoms with Gasteiger partial charge in [-0.15, -0.1) is 0 Å². The lowest BCUT2D eigenvalue weighted by atomic mass is 9.80. The summed E-state index contributed by atoms with van der Waals surface area (Å²) < 4.78 is 0. The van der Waals surface area contributed by atoms with Gasteiger partial charge in [-0.25, -0.2) is 0 Å². The van der Waals surface area contributed by atoms with E-state index in [4.69, 9.17) is 5.73 Å². The van der Waals surface area contributed by atoms with Crippen molar-refractivity contribution in [2.45, 2.75) is 38.1 Å². The third kappa shape index (κ3) is 1.26. The molecule has 0 aromatic carbocycles. The number of primary amides is 1. The lowest BCUT2D eigenvalue weighted by molar-refractivity contribution is -0.126. The highest BCUT2D eigenvalue weighted by Crippen LogP contribution is 2.54. The van der Waals surface area contributed by atoms with Crippen LogP contribution in [0.3, 0.4) is 0 Å². The predicted molar refractivity (Wildman–Crippen MR) is 51.1 cm³/mol. The molecule has 0 aromatic heterocycles. The molecule has 2 rings (SSSR count). The second-order valence-corrected chi connectivity index (χ2v) is 4.36. The summed E-state index contributed by atoms with van der Waals surface area (Å²) in [4.78, 5) is 11.5. The minimum Gasteiger partial charge on any atom is -0.368 e. The van der Waals surface area contributed by atoms with E-state index in [1.165, 1.54) is 12.8 Å². The van der Waals surface area contributed by atoms with Gasteiger partial charge in [0.15, 0.2) is 0 Å². The minimum atomic E-state index is -0.350. The maximum absolute atomic E-state index is 11.5. The molecule has 2 fully saturated rings. The van der Waals surface area contributed by atoms with Crippen molar-refractivity contribution in [1.82, 2.24) is 5.32 Å². The van der Waals surface area contributed by atoms with Crippen molar-refractivity contribution in [2.75, 3.05) is 6.54 Å². The molecule has 0 spiro atoms. The fraction of sp³-hybridized carbons (Fsp3) is 0.900. The number of likely N-dealkylation sites (N-methyl/N-ethyl adjacent to an activating group) is 1. The average Bonchev–Trinajstić information content (AvgIpc) is 2.84. The summed E-state index contributed by atoms with van der Waals surface area (Å²) in [5, 5.41) is 3.31. The summed E-state index contributed by atoms with van der Waals surface area (Å²) >= 11 is 0. The van der Waals surface area contributed by atoms with E-state index >= 15 is 0 Å². The van der Waals surface area contributed by atoms with E-state index in [9.17, 15) is 4.79 Å². The van der Waals surface area contributed by atoms with Gasteiger partial charge in [-0.05, 0) is 31.2 Å². The average molecular weight is 182 g/mol. The molecule has 3 heteroatoms. The highest BCUT2D eigenvalue weighted by Gasteiger charge is 2.57. The molecule has 0 aliphatic heterocycles. The zero-order chi connectivity index (χ0) is 9.47. The molecule has 3 N–H and O–H groups in total. The Kier molecular flexibility index (Phi) is 2.06. The molecule has 0 aromatic rings. The monoisotopic (exact) mass is 182 g/mol. The molecular formula is C10H18N2O. The van der Waals surface area contributed by atoms with Gasteiger partial charge < -0.3 is 11.1 Å². The fourth-order valence-corrected chi connectivity index (χ4v) is 2.93. The van der Waals surface area contributed by atoms with Crippen molar-refractivity contribution >= 4 is 5.91 Å². The third-order valence-corrected chi connectivity index (χ3v) is 3.63. The maximum Gasteiger partial charge on any atom is 0.238 e. The first kappa shape index (κ1) is 9.00. The highest BCUT2D eigenvalue weighted by molar-refractivity contribution is 5.85. The van der Waals surface area contributed by atoms with Crippen LogP contribution in [0.1, 0.15) is 32.6 Å². The second-order valence-electron chi connectivity index (χ2n) is 4.36.